The number of amides is 1. The smallest absolute Gasteiger partial charge is 0.233 e. The molecule has 0 aliphatic rings. The van der Waals surface area contributed by atoms with Gasteiger partial charge in [0.1, 0.15) is 0 Å². The monoisotopic (exact) mass is 437 g/mol. The van der Waals surface area contributed by atoms with Gasteiger partial charge in [0, 0.05) is 12.6 Å². The molecule has 0 aliphatic heterocycles. The van der Waals surface area contributed by atoms with Crippen molar-refractivity contribution in [2.45, 2.75) is 17.9 Å². The van der Waals surface area contributed by atoms with Crippen LogP contribution in [0.3, 0.4) is 0 Å². The highest BCUT2D eigenvalue weighted by atomic mass is 32.2. The van der Waals surface area contributed by atoms with Gasteiger partial charge in [-0.2, -0.15) is 0 Å². The van der Waals surface area contributed by atoms with Gasteiger partial charge in [0.25, 0.3) is 0 Å². The Bertz CT molecular complexity index is 1030. The number of carbonyl (C=O) groups excluding carboxylic acids is 1. The van der Waals surface area contributed by atoms with Crippen molar-refractivity contribution in [2.75, 3.05) is 31.9 Å². The molecular weight excluding hydrogens is 410 g/mol. The molecule has 31 heavy (non-hydrogen) atoms. The number of nitrogens with zero attached hydrogens (tertiary/aromatic N) is 1. The van der Waals surface area contributed by atoms with Crippen molar-refractivity contribution in [1.29, 1.82) is 0 Å². The number of hydrogen-bond acceptors (Lipinski definition) is 5. The standard InChI is InChI=1S/C25H27NO4S/c1-18(20-8-6-5-7-9-20)16-23(27)26(24-12-13-25(30-24)31-4)15-14-19-10-11-21(28-2)22(17-19)29-3/h5-13,17H,1,14-16H2,2-4H3. The van der Waals surface area contributed by atoms with Gasteiger partial charge in [-0.1, -0.05) is 54.7 Å². The summed E-state index contributed by atoms with van der Waals surface area (Å²) in [5.74, 6) is 1.82. The molecule has 1 heterocycles. The van der Waals surface area contributed by atoms with Crippen LogP contribution in [-0.4, -0.2) is 32.9 Å². The Morgan fingerprint density at radius 2 is 1.77 bits per heavy atom. The van der Waals surface area contributed by atoms with Crippen molar-refractivity contribution in [3.63, 3.8) is 0 Å². The molecule has 1 amide bonds. The summed E-state index contributed by atoms with van der Waals surface area (Å²) in [4.78, 5) is 14.9. The number of thioether (sulfide) groups is 1. The van der Waals surface area contributed by atoms with E-state index in [0.29, 0.717) is 30.3 Å². The second-order valence-electron chi connectivity index (χ2n) is 6.93. The second kappa shape index (κ2) is 10.8. The van der Waals surface area contributed by atoms with Gasteiger partial charge in [-0.3, -0.25) is 9.69 Å². The van der Waals surface area contributed by atoms with Crippen LogP contribution in [0.15, 0.2) is 76.8 Å². The van der Waals surface area contributed by atoms with Crippen molar-refractivity contribution in [3.05, 3.63) is 78.4 Å². The summed E-state index contributed by atoms with van der Waals surface area (Å²) in [7, 11) is 3.22. The van der Waals surface area contributed by atoms with Crippen LogP contribution in [0.2, 0.25) is 0 Å². The lowest BCUT2D eigenvalue weighted by Gasteiger charge is -2.21. The van der Waals surface area contributed by atoms with Crippen molar-refractivity contribution in [2.24, 2.45) is 0 Å². The third-order valence-electron chi connectivity index (χ3n) is 4.95. The van der Waals surface area contributed by atoms with Gasteiger partial charge < -0.3 is 13.9 Å². The zero-order chi connectivity index (χ0) is 22.2. The second-order valence-corrected chi connectivity index (χ2v) is 7.74. The van der Waals surface area contributed by atoms with Crippen LogP contribution in [0.25, 0.3) is 5.57 Å². The molecule has 0 spiro atoms. The summed E-state index contributed by atoms with van der Waals surface area (Å²) in [6, 6.07) is 19.2. The third kappa shape index (κ3) is 5.73. The van der Waals surface area contributed by atoms with Gasteiger partial charge in [-0.15, -0.1) is 0 Å². The maximum Gasteiger partial charge on any atom is 0.233 e. The van der Waals surface area contributed by atoms with Crippen LogP contribution in [0.4, 0.5) is 5.88 Å². The predicted molar refractivity (Wildman–Crippen MR) is 126 cm³/mol. The quantitative estimate of drug-likeness (QED) is 0.381. The fraction of sp³-hybridized carbons (Fsp3) is 0.240. The number of carbonyl (C=O) groups is 1. The average Bonchev–Trinajstić information content (AvgIpc) is 3.28. The number of hydrogen-bond donors (Lipinski definition) is 0. The van der Waals surface area contributed by atoms with E-state index in [1.807, 2.05) is 66.9 Å². The molecule has 0 saturated heterocycles. The molecule has 0 atom stereocenters. The van der Waals surface area contributed by atoms with Crippen LogP contribution in [0.5, 0.6) is 11.5 Å². The van der Waals surface area contributed by atoms with Crippen LogP contribution < -0.4 is 14.4 Å². The Balaban J connectivity index is 1.78. The zero-order valence-corrected chi connectivity index (χ0v) is 18.9. The lowest BCUT2D eigenvalue weighted by molar-refractivity contribution is -0.117. The molecule has 1 aromatic heterocycles. The molecule has 0 bridgehead atoms. The molecule has 5 nitrogen and oxygen atoms in total. The van der Waals surface area contributed by atoms with E-state index in [4.69, 9.17) is 13.9 Å². The van der Waals surface area contributed by atoms with Gasteiger partial charge in [0.05, 0.1) is 20.6 Å². The molecule has 2 aromatic carbocycles. The molecular formula is C25H27NO4S. The SMILES string of the molecule is C=C(CC(=O)N(CCc1ccc(OC)c(OC)c1)c1ccc(SC)o1)c1ccccc1. The molecule has 0 fully saturated rings. The highest BCUT2D eigenvalue weighted by Gasteiger charge is 2.20. The van der Waals surface area contributed by atoms with Crippen molar-refractivity contribution >= 4 is 29.1 Å². The summed E-state index contributed by atoms with van der Waals surface area (Å²) in [5, 5.41) is 0.765. The van der Waals surface area contributed by atoms with Gasteiger partial charge in [0.2, 0.25) is 11.8 Å². The summed E-state index contributed by atoms with van der Waals surface area (Å²) in [6.07, 6.45) is 2.79. The van der Waals surface area contributed by atoms with Crippen LogP contribution >= 0.6 is 11.8 Å². The molecule has 162 valence electrons. The number of furan rings is 1. The number of ether oxygens (including phenoxy) is 2. The Kier molecular flexibility index (Phi) is 7.84. The van der Waals surface area contributed by atoms with E-state index >= 15 is 0 Å². The Morgan fingerprint density at radius 3 is 2.42 bits per heavy atom. The maximum atomic E-state index is 13.2. The van der Waals surface area contributed by atoms with Gasteiger partial charge in [0.15, 0.2) is 16.6 Å². The molecule has 0 aliphatic carbocycles. The number of benzene rings is 2. The van der Waals surface area contributed by atoms with E-state index in [-0.39, 0.29) is 12.3 Å². The average molecular weight is 438 g/mol. The Hall–Kier alpha value is -3.12. The minimum absolute atomic E-state index is 0.0590. The lowest BCUT2D eigenvalue weighted by Crippen LogP contribution is -2.32. The Morgan fingerprint density at radius 1 is 1.03 bits per heavy atom. The first-order chi connectivity index (χ1) is 15.0. The van der Waals surface area contributed by atoms with Crippen molar-refractivity contribution in [1.82, 2.24) is 0 Å². The van der Waals surface area contributed by atoms with Gasteiger partial charge in [-0.05, 0) is 47.6 Å². The molecule has 0 N–H and O–H groups in total. The summed E-state index contributed by atoms with van der Waals surface area (Å²) >= 11 is 1.50. The van der Waals surface area contributed by atoms with E-state index in [1.54, 1.807) is 19.1 Å². The van der Waals surface area contributed by atoms with Crippen LogP contribution in [-0.2, 0) is 11.2 Å². The highest BCUT2D eigenvalue weighted by Crippen LogP contribution is 2.29. The van der Waals surface area contributed by atoms with Crippen molar-refractivity contribution in [3.8, 4) is 11.5 Å². The number of rotatable bonds is 10. The largest absolute Gasteiger partial charge is 0.493 e. The third-order valence-corrected chi connectivity index (χ3v) is 5.58. The molecule has 0 unspecified atom stereocenters. The van der Waals surface area contributed by atoms with E-state index < -0.39 is 0 Å². The summed E-state index contributed by atoms with van der Waals surface area (Å²) < 4.78 is 16.6. The normalized spacial score (nSPS) is 10.5. The molecule has 3 rings (SSSR count). The number of methoxy groups -OCH3 is 2. The fourth-order valence-electron chi connectivity index (χ4n) is 3.25. The van der Waals surface area contributed by atoms with E-state index in [1.165, 1.54) is 11.8 Å². The summed E-state index contributed by atoms with van der Waals surface area (Å²) in [5.41, 5.74) is 2.77. The maximum absolute atomic E-state index is 13.2. The molecule has 6 heteroatoms. The highest BCUT2D eigenvalue weighted by molar-refractivity contribution is 7.98. The molecule has 3 aromatic rings. The lowest BCUT2D eigenvalue weighted by atomic mass is 10.0. The first-order valence-electron chi connectivity index (χ1n) is 9.94. The Labute approximate surface area is 187 Å². The molecule has 0 saturated carbocycles. The van der Waals surface area contributed by atoms with Crippen LogP contribution in [0.1, 0.15) is 17.5 Å². The molecule has 0 radical (unpaired) electrons. The zero-order valence-electron chi connectivity index (χ0n) is 18.1. The van der Waals surface area contributed by atoms with Gasteiger partial charge in [-0.25, -0.2) is 0 Å². The fourth-order valence-corrected chi connectivity index (χ4v) is 3.63. The van der Waals surface area contributed by atoms with Crippen molar-refractivity contribution < 1.29 is 18.7 Å². The predicted octanol–water partition coefficient (Wildman–Crippen LogP) is 5.70. The first-order valence-corrected chi connectivity index (χ1v) is 11.2. The minimum Gasteiger partial charge on any atom is -0.493 e. The van der Waals surface area contributed by atoms with E-state index in [9.17, 15) is 4.79 Å². The topological polar surface area (TPSA) is 51.9 Å². The minimum atomic E-state index is -0.0590. The van der Waals surface area contributed by atoms with Gasteiger partial charge >= 0.3 is 0 Å². The first kappa shape index (κ1) is 22.6. The van der Waals surface area contributed by atoms with E-state index in [0.717, 1.165) is 21.8 Å². The summed E-state index contributed by atoms with van der Waals surface area (Å²) in [6.45, 7) is 4.58. The number of anilines is 1. The van der Waals surface area contributed by atoms with Crippen LogP contribution in [0, 0.1) is 0 Å². The van der Waals surface area contributed by atoms with E-state index in [2.05, 4.69) is 6.58 Å².